The third-order valence-electron chi connectivity index (χ3n) is 3.90. The molecule has 1 aliphatic heterocycles. The molecule has 4 nitrogen and oxygen atoms in total. The molecule has 0 unspecified atom stereocenters. The van der Waals surface area contributed by atoms with Crippen LogP contribution in [0.4, 0.5) is 0 Å². The van der Waals surface area contributed by atoms with E-state index in [2.05, 4.69) is 5.32 Å². The monoisotopic (exact) mass is 287 g/mol. The first kappa shape index (κ1) is 14.3. The zero-order chi connectivity index (χ0) is 14.5. The van der Waals surface area contributed by atoms with Gasteiger partial charge in [0.15, 0.2) is 0 Å². The van der Waals surface area contributed by atoms with Crippen molar-refractivity contribution in [2.75, 3.05) is 19.8 Å². The summed E-state index contributed by atoms with van der Waals surface area (Å²) in [5.74, 6) is 1.75. The molecule has 1 aromatic carbocycles. The zero-order valence-electron chi connectivity index (χ0n) is 12.0. The van der Waals surface area contributed by atoms with Gasteiger partial charge in [0.25, 0.3) is 0 Å². The summed E-state index contributed by atoms with van der Waals surface area (Å²) in [6.45, 7) is 2.46. The Hall–Kier alpha value is -1.62. The minimum atomic E-state index is -0.646. The van der Waals surface area contributed by atoms with Gasteiger partial charge in [-0.15, -0.1) is 0 Å². The van der Waals surface area contributed by atoms with Crippen molar-refractivity contribution in [3.63, 3.8) is 0 Å². The highest BCUT2D eigenvalue weighted by Gasteiger charge is 2.29. The number of benzene rings is 1. The first-order valence-electron chi connectivity index (χ1n) is 7.40. The van der Waals surface area contributed by atoms with Gasteiger partial charge in [-0.1, -0.05) is 30.3 Å². The standard InChI is InChI=1S/C17H21NO3/c19-17(8-10-20-11-9-17)13-18-12-15-6-7-16(21-15)14-4-2-1-3-5-14/h1-7,18-19H,8-13H2. The molecule has 1 saturated heterocycles. The molecule has 0 spiro atoms. The summed E-state index contributed by atoms with van der Waals surface area (Å²) in [5, 5.41) is 13.6. The Morgan fingerprint density at radius 1 is 1.05 bits per heavy atom. The van der Waals surface area contributed by atoms with Gasteiger partial charge in [0, 0.05) is 38.2 Å². The molecule has 4 heteroatoms. The van der Waals surface area contributed by atoms with E-state index in [4.69, 9.17) is 9.15 Å². The fourth-order valence-corrected chi connectivity index (χ4v) is 2.58. The zero-order valence-corrected chi connectivity index (χ0v) is 12.0. The highest BCUT2D eigenvalue weighted by Crippen LogP contribution is 2.22. The van der Waals surface area contributed by atoms with Gasteiger partial charge in [0.05, 0.1) is 12.1 Å². The Morgan fingerprint density at radius 2 is 1.81 bits per heavy atom. The Morgan fingerprint density at radius 3 is 2.57 bits per heavy atom. The highest BCUT2D eigenvalue weighted by molar-refractivity contribution is 5.57. The molecule has 2 aromatic rings. The van der Waals surface area contributed by atoms with Crippen LogP contribution in [0.15, 0.2) is 46.9 Å². The van der Waals surface area contributed by atoms with Gasteiger partial charge >= 0.3 is 0 Å². The van der Waals surface area contributed by atoms with Crippen LogP contribution in [0, 0.1) is 0 Å². The highest BCUT2D eigenvalue weighted by atomic mass is 16.5. The molecule has 0 saturated carbocycles. The number of furan rings is 1. The van der Waals surface area contributed by atoms with Gasteiger partial charge in [-0.25, -0.2) is 0 Å². The molecule has 0 atom stereocenters. The van der Waals surface area contributed by atoms with Gasteiger partial charge < -0.3 is 19.6 Å². The van der Waals surface area contributed by atoms with Crippen molar-refractivity contribution in [3.8, 4) is 11.3 Å². The van der Waals surface area contributed by atoms with E-state index in [9.17, 15) is 5.11 Å². The summed E-state index contributed by atoms with van der Waals surface area (Å²) in [5.41, 5.74) is 0.430. The predicted molar refractivity (Wildman–Crippen MR) is 80.9 cm³/mol. The molecule has 0 aliphatic carbocycles. The molecule has 2 N–H and O–H groups in total. The lowest BCUT2D eigenvalue weighted by atomic mass is 9.94. The van der Waals surface area contributed by atoms with Crippen LogP contribution in [-0.4, -0.2) is 30.5 Å². The predicted octanol–water partition coefficient (Wildman–Crippen LogP) is 2.58. The summed E-state index contributed by atoms with van der Waals surface area (Å²) >= 11 is 0. The average Bonchev–Trinajstić information content (AvgIpc) is 2.98. The van der Waals surface area contributed by atoms with E-state index in [-0.39, 0.29) is 0 Å². The van der Waals surface area contributed by atoms with Gasteiger partial charge in [-0.2, -0.15) is 0 Å². The number of hydrogen-bond donors (Lipinski definition) is 2. The van der Waals surface area contributed by atoms with Crippen LogP contribution in [-0.2, 0) is 11.3 Å². The Labute approximate surface area is 124 Å². The first-order chi connectivity index (χ1) is 10.3. The fraction of sp³-hybridized carbons (Fsp3) is 0.412. The average molecular weight is 287 g/mol. The van der Waals surface area contributed by atoms with E-state index in [1.807, 2.05) is 42.5 Å². The molecule has 1 aliphatic rings. The van der Waals surface area contributed by atoms with Gasteiger partial charge in [0.2, 0.25) is 0 Å². The molecule has 0 amide bonds. The lowest BCUT2D eigenvalue weighted by molar-refractivity contribution is -0.0618. The summed E-state index contributed by atoms with van der Waals surface area (Å²) in [6, 6.07) is 14.0. The van der Waals surface area contributed by atoms with E-state index in [1.54, 1.807) is 0 Å². The molecule has 1 fully saturated rings. The molecule has 21 heavy (non-hydrogen) atoms. The second kappa shape index (κ2) is 6.43. The smallest absolute Gasteiger partial charge is 0.134 e. The van der Waals surface area contributed by atoms with Crippen molar-refractivity contribution >= 4 is 0 Å². The van der Waals surface area contributed by atoms with Crippen LogP contribution < -0.4 is 5.32 Å². The summed E-state index contributed by atoms with van der Waals surface area (Å²) < 4.78 is 11.1. The Kier molecular flexibility index (Phi) is 4.39. The van der Waals surface area contributed by atoms with Crippen LogP contribution in [0.2, 0.25) is 0 Å². The third kappa shape index (κ3) is 3.73. The lowest BCUT2D eigenvalue weighted by Crippen LogP contribution is -2.44. The normalized spacial score (nSPS) is 17.8. The topological polar surface area (TPSA) is 54.6 Å². The second-order valence-electron chi connectivity index (χ2n) is 5.57. The Bertz CT molecular complexity index is 558. The number of hydrogen-bond acceptors (Lipinski definition) is 4. The van der Waals surface area contributed by atoms with E-state index in [0.717, 1.165) is 17.1 Å². The van der Waals surface area contributed by atoms with Gasteiger partial charge in [-0.05, 0) is 12.1 Å². The molecule has 2 heterocycles. The van der Waals surface area contributed by atoms with Crippen LogP contribution in [0.3, 0.4) is 0 Å². The number of aliphatic hydroxyl groups is 1. The molecule has 0 radical (unpaired) electrons. The van der Waals surface area contributed by atoms with Gasteiger partial charge in [0.1, 0.15) is 11.5 Å². The van der Waals surface area contributed by atoms with Gasteiger partial charge in [-0.3, -0.25) is 0 Å². The van der Waals surface area contributed by atoms with Crippen molar-refractivity contribution in [2.24, 2.45) is 0 Å². The largest absolute Gasteiger partial charge is 0.460 e. The van der Waals surface area contributed by atoms with Crippen molar-refractivity contribution in [2.45, 2.75) is 25.0 Å². The maximum atomic E-state index is 10.4. The van der Waals surface area contributed by atoms with Crippen LogP contribution >= 0.6 is 0 Å². The summed E-state index contributed by atoms with van der Waals surface area (Å²) in [4.78, 5) is 0. The number of ether oxygens (including phenoxy) is 1. The molecule has 1 aromatic heterocycles. The van der Waals surface area contributed by atoms with E-state index in [0.29, 0.717) is 39.1 Å². The van der Waals surface area contributed by atoms with Crippen molar-refractivity contribution in [1.82, 2.24) is 5.32 Å². The quantitative estimate of drug-likeness (QED) is 0.887. The molecule has 3 rings (SSSR count). The minimum Gasteiger partial charge on any atom is -0.460 e. The lowest BCUT2D eigenvalue weighted by Gasteiger charge is -2.32. The van der Waals surface area contributed by atoms with Crippen molar-refractivity contribution in [1.29, 1.82) is 0 Å². The van der Waals surface area contributed by atoms with Crippen molar-refractivity contribution in [3.05, 3.63) is 48.2 Å². The Balaban J connectivity index is 1.53. The minimum absolute atomic E-state index is 0.567. The second-order valence-corrected chi connectivity index (χ2v) is 5.57. The van der Waals surface area contributed by atoms with E-state index >= 15 is 0 Å². The first-order valence-corrected chi connectivity index (χ1v) is 7.40. The maximum Gasteiger partial charge on any atom is 0.134 e. The number of nitrogens with one attached hydrogen (secondary N) is 1. The summed E-state index contributed by atoms with van der Waals surface area (Å²) in [7, 11) is 0. The van der Waals surface area contributed by atoms with Crippen LogP contribution in [0.1, 0.15) is 18.6 Å². The van der Waals surface area contributed by atoms with Crippen molar-refractivity contribution < 1.29 is 14.3 Å². The number of rotatable bonds is 5. The maximum absolute atomic E-state index is 10.4. The molecule has 112 valence electrons. The molecular weight excluding hydrogens is 266 g/mol. The fourth-order valence-electron chi connectivity index (χ4n) is 2.58. The van der Waals surface area contributed by atoms with Crippen LogP contribution in [0.25, 0.3) is 11.3 Å². The molecular formula is C17H21NO3. The van der Waals surface area contributed by atoms with E-state index in [1.165, 1.54) is 0 Å². The third-order valence-corrected chi connectivity index (χ3v) is 3.90. The summed E-state index contributed by atoms with van der Waals surface area (Å²) in [6.07, 6.45) is 1.38. The SMILES string of the molecule is OC1(CNCc2ccc(-c3ccccc3)o2)CCOCC1. The van der Waals surface area contributed by atoms with E-state index < -0.39 is 5.60 Å². The molecule has 0 bridgehead atoms. The van der Waals surface area contributed by atoms with Crippen LogP contribution in [0.5, 0.6) is 0 Å².